The molecular weight excluding hydrogens is 637 g/mol. The van der Waals surface area contributed by atoms with Crippen LogP contribution in [0.25, 0.3) is 109 Å². The largest absolute Gasteiger partial charge is 0.0610 e. The zero-order valence-electron chi connectivity index (χ0n) is 31.4. The molecule has 11 rings (SSSR count). The molecule has 2 aliphatic rings. The Morgan fingerprint density at radius 3 is 1.23 bits per heavy atom. The molecule has 0 fully saturated rings. The van der Waals surface area contributed by atoms with Crippen molar-refractivity contribution in [2.45, 2.75) is 59.3 Å². The van der Waals surface area contributed by atoms with Crippen molar-refractivity contribution in [1.82, 2.24) is 0 Å². The summed E-state index contributed by atoms with van der Waals surface area (Å²) < 4.78 is 0. The fraction of sp³-hybridized carbons (Fsp3) is 0.170. The molecular formula is C53H42. The minimum atomic E-state index is 0.383. The maximum atomic E-state index is 2.58. The molecule has 0 nitrogen and oxygen atoms in total. The molecule has 0 spiro atoms. The van der Waals surface area contributed by atoms with Gasteiger partial charge < -0.3 is 0 Å². The molecule has 0 bridgehead atoms. The average molecular weight is 679 g/mol. The molecule has 254 valence electrons. The summed E-state index contributed by atoms with van der Waals surface area (Å²) in [5.41, 5.74) is 17.9. The highest BCUT2D eigenvalue weighted by atomic mass is 14.3. The van der Waals surface area contributed by atoms with Gasteiger partial charge in [0.05, 0.1) is 0 Å². The number of hydrogen-bond donors (Lipinski definition) is 0. The van der Waals surface area contributed by atoms with E-state index in [1.807, 2.05) is 0 Å². The van der Waals surface area contributed by atoms with Crippen molar-refractivity contribution in [2.24, 2.45) is 0 Å². The van der Waals surface area contributed by atoms with Crippen LogP contribution in [0.4, 0.5) is 0 Å². The van der Waals surface area contributed by atoms with Crippen LogP contribution in [0, 0.1) is 0 Å². The molecule has 0 aromatic heterocycles. The third kappa shape index (κ3) is 4.18. The van der Waals surface area contributed by atoms with Gasteiger partial charge in [0.2, 0.25) is 0 Å². The maximum Gasteiger partial charge on any atom is -0.00264 e. The lowest BCUT2D eigenvalue weighted by molar-refractivity contribution is 0.808. The smallest absolute Gasteiger partial charge is 0.00264 e. The van der Waals surface area contributed by atoms with Gasteiger partial charge >= 0.3 is 0 Å². The van der Waals surface area contributed by atoms with E-state index in [4.69, 9.17) is 0 Å². The van der Waals surface area contributed by atoms with E-state index < -0.39 is 0 Å². The van der Waals surface area contributed by atoms with E-state index in [2.05, 4.69) is 169 Å². The summed E-state index contributed by atoms with van der Waals surface area (Å²) >= 11 is 0. The minimum absolute atomic E-state index is 0.383. The first-order chi connectivity index (χ1) is 25.8. The molecule has 0 aliphatic heterocycles. The number of rotatable bonds is 4. The summed E-state index contributed by atoms with van der Waals surface area (Å²) in [4.78, 5) is 0. The molecule has 53 heavy (non-hydrogen) atoms. The molecule has 0 atom stereocenters. The van der Waals surface area contributed by atoms with E-state index in [-0.39, 0.29) is 0 Å². The van der Waals surface area contributed by atoms with Gasteiger partial charge in [0, 0.05) is 0 Å². The molecule has 2 aliphatic carbocycles. The topological polar surface area (TPSA) is 0 Å². The summed E-state index contributed by atoms with van der Waals surface area (Å²) in [6.07, 6.45) is 0. The predicted molar refractivity (Wildman–Crippen MR) is 231 cm³/mol. The van der Waals surface area contributed by atoms with Gasteiger partial charge in [-0.1, -0.05) is 139 Å². The van der Waals surface area contributed by atoms with Crippen molar-refractivity contribution in [1.29, 1.82) is 0 Å². The minimum Gasteiger partial charge on any atom is -0.0610 e. The second-order valence-electron chi connectivity index (χ2n) is 16.6. The Hall–Kier alpha value is -5.72. The Bertz CT molecular complexity index is 3040. The number of hydrogen-bond acceptors (Lipinski definition) is 0. The lowest BCUT2D eigenvalue weighted by Crippen LogP contribution is -2.04. The Balaban J connectivity index is 1.31. The molecule has 0 radical (unpaired) electrons. The highest BCUT2D eigenvalue weighted by molar-refractivity contribution is 6.27. The van der Waals surface area contributed by atoms with Gasteiger partial charge in [-0.05, 0) is 174 Å². The molecule has 0 unspecified atom stereocenters. The van der Waals surface area contributed by atoms with Gasteiger partial charge in [0.25, 0.3) is 0 Å². The van der Waals surface area contributed by atoms with Crippen molar-refractivity contribution in [2.75, 3.05) is 0 Å². The van der Waals surface area contributed by atoms with Crippen LogP contribution in [0.15, 0.2) is 127 Å². The van der Waals surface area contributed by atoms with E-state index in [1.54, 1.807) is 0 Å². The van der Waals surface area contributed by atoms with Crippen molar-refractivity contribution >= 4 is 53.9 Å². The number of benzene rings is 9. The van der Waals surface area contributed by atoms with Gasteiger partial charge in [-0.25, -0.2) is 0 Å². The van der Waals surface area contributed by atoms with E-state index in [0.29, 0.717) is 17.8 Å². The zero-order chi connectivity index (χ0) is 35.9. The SMILES string of the molecule is CC(C)c1cc(C(C)C)c(-c2cc3c4cc5c(cc4ccc3c3cc4c(cc23)-c2cccc3cccc-4c23)-c2cccc3cccc-5c23)c(C(C)C)c1. The Kier molecular flexibility index (Phi) is 6.35. The summed E-state index contributed by atoms with van der Waals surface area (Å²) in [5, 5.41) is 13.4. The number of fused-ring (bicyclic) bond motifs is 11. The van der Waals surface area contributed by atoms with Gasteiger partial charge in [-0.3, -0.25) is 0 Å². The fourth-order valence-electron chi connectivity index (χ4n) is 10.00. The molecule has 0 saturated carbocycles. The van der Waals surface area contributed by atoms with Crippen molar-refractivity contribution < 1.29 is 0 Å². The van der Waals surface area contributed by atoms with Crippen LogP contribution in [0.2, 0.25) is 0 Å². The van der Waals surface area contributed by atoms with Crippen LogP contribution >= 0.6 is 0 Å². The van der Waals surface area contributed by atoms with E-state index in [0.717, 1.165) is 0 Å². The zero-order valence-corrected chi connectivity index (χ0v) is 31.4. The Morgan fingerprint density at radius 2 is 0.736 bits per heavy atom. The second kappa shape index (κ2) is 10.9. The Morgan fingerprint density at radius 1 is 0.302 bits per heavy atom. The van der Waals surface area contributed by atoms with Crippen LogP contribution in [0.5, 0.6) is 0 Å². The van der Waals surface area contributed by atoms with Crippen LogP contribution in [-0.4, -0.2) is 0 Å². The Labute approximate surface area is 311 Å². The average Bonchev–Trinajstić information content (AvgIpc) is 3.66. The third-order valence-corrected chi connectivity index (χ3v) is 12.6. The molecule has 0 heterocycles. The summed E-state index contributed by atoms with van der Waals surface area (Å²) in [6, 6.07) is 49.6. The molecule has 0 heteroatoms. The molecule has 0 N–H and O–H groups in total. The first-order valence-electron chi connectivity index (χ1n) is 19.5. The lowest BCUT2D eigenvalue weighted by atomic mass is 9.79. The van der Waals surface area contributed by atoms with Crippen molar-refractivity contribution in [3.05, 3.63) is 144 Å². The highest BCUT2D eigenvalue weighted by Crippen LogP contribution is 2.53. The molecule has 9 aromatic rings. The van der Waals surface area contributed by atoms with Gasteiger partial charge in [-0.15, -0.1) is 0 Å². The summed E-state index contributed by atoms with van der Waals surface area (Å²) in [6.45, 7) is 14.2. The quantitative estimate of drug-likeness (QED) is 0.163. The maximum absolute atomic E-state index is 2.58. The fourth-order valence-corrected chi connectivity index (χ4v) is 10.00. The van der Waals surface area contributed by atoms with E-state index in [1.165, 1.54) is 126 Å². The second-order valence-corrected chi connectivity index (χ2v) is 16.6. The normalized spacial score (nSPS) is 12.8. The first-order valence-corrected chi connectivity index (χ1v) is 19.5. The van der Waals surface area contributed by atoms with Gasteiger partial charge in [0.1, 0.15) is 0 Å². The van der Waals surface area contributed by atoms with Crippen LogP contribution in [0.1, 0.15) is 76.0 Å². The van der Waals surface area contributed by atoms with Gasteiger partial charge in [0.15, 0.2) is 0 Å². The predicted octanol–water partition coefficient (Wildman–Crippen LogP) is 15.8. The third-order valence-electron chi connectivity index (χ3n) is 12.6. The molecule has 0 amide bonds. The first kappa shape index (κ1) is 30.9. The summed E-state index contributed by atoms with van der Waals surface area (Å²) in [5.74, 6) is 1.23. The standard InChI is InChI=1S/C53H42/c1-28(2)34-22-40(29(3)4)53(41(23-34)30(5)6)50-27-44-35(45-25-47-38-17-9-13-32-14-10-18-39(52(32)38)48(47)26-49(45)50)20-19-33-21-43-36-15-7-11-31-12-8-16-37(51(31)36)46(43)24-42(33)44/h7-30H,1-6H3. The van der Waals surface area contributed by atoms with Crippen LogP contribution in [-0.2, 0) is 0 Å². The van der Waals surface area contributed by atoms with Crippen molar-refractivity contribution in [3.8, 4) is 55.6 Å². The molecule has 9 aromatic carbocycles. The van der Waals surface area contributed by atoms with Crippen LogP contribution in [0.3, 0.4) is 0 Å². The van der Waals surface area contributed by atoms with Crippen molar-refractivity contribution in [3.63, 3.8) is 0 Å². The van der Waals surface area contributed by atoms with Gasteiger partial charge in [-0.2, -0.15) is 0 Å². The summed E-state index contributed by atoms with van der Waals surface area (Å²) in [7, 11) is 0. The lowest BCUT2D eigenvalue weighted by Gasteiger charge is -2.25. The monoisotopic (exact) mass is 678 g/mol. The molecule has 0 saturated heterocycles. The van der Waals surface area contributed by atoms with E-state index in [9.17, 15) is 0 Å². The van der Waals surface area contributed by atoms with Crippen LogP contribution < -0.4 is 0 Å². The highest BCUT2D eigenvalue weighted by Gasteiger charge is 2.27. The van der Waals surface area contributed by atoms with E-state index >= 15 is 0 Å².